The standard InChI is InChI=1S/C13H12N4OS/c1-18-12-5-8(19-2)3-4-9(12)13-16-10-6-14-15-7-11(10)17-13/h3-7H,1-2H3,(H,16,17). The first-order valence-corrected chi connectivity index (χ1v) is 6.93. The minimum Gasteiger partial charge on any atom is -0.496 e. The van der Waals surface area contributed by atoms with Crippen molar-refractivity contribution in [3.63, 3.8) is 0 Å². The fraction of sp³-hybridized carbons (Fsp3) is 0.154. The number of rotatable bonds is 3. The molecule has 0 aliphatic carbocycles. The number of thioether (sulfide) groups is 1. The molecule has 96 valence electrons. The minimum atomic E-state index is 0.759. The molecule has 0 radical (unpaired) electrons. The highest BCUT2D eigenvalue weighted by Gasteiger charge is 2.11. The normalized spacial score (nSPS) is 10.8. The summed E-state index contributed by atoms with van der Waals surface area (Å²) in [6.45, 7) is 0. The van der Waals surface area contributed by atoms with Crippen LogP contribution in [0.5, 0.6) is 5.75 Å². The lowest BCUT2D eigenvalue weighted by Gasteiger charge is -2.07. The van der Waals surface area contributed by atoms with Crippen molar-refractivity contribution in [3.8, 4) is 17.1 Å². The molecule has 1 aromatic carbocycles. The van der Waals surface area contributed by atoms with Gasteiger partial charge < -0.3 is 9.72 Å². The van der Waals surface area contributed by atoms with Crippen molar-refractivity contribution >= 4 is 22.8 Å². The molecule has 0 aliphatic rings. The van der Waals surface area contributed by atoms with Crippen molar-refractivity contribution in [2.75, 3.05) is 13.4 Å². The zero-order valence-electron chi connectivity index (χ0n) is 10.5. The number of aromatic amines is 1. The van der Waals surface area contributed by atoms with Crippen molar-refractivity contribution in [1.82, 2.24) is 20.2 Å². The van der Waals surface area contributed by atoms with E-state index in [1.165, 1.54) is 0 Å². The number of benzene rings is 1. The molecule has 0 spiro atoms. The van der Waals surface area contributed by atoms with Crippen LogP contribution in [0.15, 0.2) is 35.5 Å². The molecule has 1 N–H and O–H groups in total. The number of hydrogen-bond donors (Lipinski definition) is 1. The molecule has 6 heteroatoms. The molecule has 0 amide bonds. The Bertz CT molecular complexity index is 692. The Kier molecular flexibility index (Phi) is 3.08. The van der Waals surface area contributed by atoms with Gasteiger partial charge in [-0.15, -0.1) is 11.8 Å². The molecule has 0 bridgehead atoms. The summed E-state index contributed by atoms with van der Waals surface area (Å²) in [5, 5.41) is 7.66. The first kappa shape index (κ1) is 12.0. The van der Waals surface area contributed by atoms with Crippen molar-refractivity contribution in [2.24, 2.45) is 0 Å². The van der Waals surface area contributed by atoms with Gasteiger partial charge in [-0.2, -0.15) is 10.2 Å². The van der Waals surface area contributed by atoms with E-state index in [1.54, 1.807) is 31.3 Å². The Hall–Kier alpha value is -2.08. The molecular weight excluding hydrogens is 260 g/mol. The largest absolute Gasteiger partial charge is 0.496 e. The Morgan fingerprint density at radius 3 is 2.79 bits per heavy atom. The van der Waals surface area contributed by atoms with Gasteiger partial charge in [0.05, 0.1) is 30.6 Å². The Morgan fingerprint density at radius 1 is 1.21 bits per heavy atom. The van der Waals surface area contributed by atoms with E-state index in [2.05, 4.69) is 20.2 Å². The van der Waals surface area contributed by atoms with E-state index in [4.69, 9.17) is 4.74 Å². The number of nitrogens with zero attached hydrogens (tertiary/aromatic N) is 3. The van der Waals surface area contributed by atoms with Gasteiger partial charge >= 0.3 is 0 Å². The monoisotopic (exact) mass is 272 g/mol. The average Bonchev–Trinajstić information content (AvgIpc) is 2.90. The van der Waals surface area contributed by atoms with Crippen LogP contribution in [0, 0.1) is 0 Å². The number of aromatic nitrogens is 4. The van der Waals surface area contributed by atoms with E-state index in [-0.39, 0.29) is 0 Å². The van der Waals surface area contributed by atoms with Gasteiger partial charge in [-0.3, -0.25) is 0 Å². The summed E-state index contributed by atoms with van der Waals surface area (Å²) in [7, 11) is 1.66. The summed E-state index contributed by atoms with van der Waals surface area (Å²) in [6, 6.07) is 6.05. The lowest BCUT2D eigenvalue weighted by Crippen LogP contribution is -1.89. The van der Waals surface area contributed by atoms with E-state index in [1.807, 2.05) is 24.5 Å². The first-order chi connectivity index (χ1) is 9.31. The maximum atomic E-state index is 5.43. The fourth-order valence-electron chi connectivity index (χ4n) is 1.90. The predicted molar refractivity (Wildman–Crippen MR) is 75.5 cm³/mol. The lowest BCUT2D eigenvalue weighted by atomic mass is 10.2. The van der Waals surface area contributed by atoms with Crippen LogP contribution >= 0.6 is 11.8 Å². The molecule has 0 saturated heterocycles. The molecule has 3 rings (SSSR count). The van der Waals surface area contributed by atoms with Crippen LogP contribution in [-0.4, -0.2) is 33.5 Å². The minimum absolute atomic E-state index is 0.759. The van der Waals surface area contributed by atoms with E-state index in [0.717, 1.165) is 33.1 Å². The van der Waals surface area contributed by atoms with Crippen molar-refractivity contribution in [2.45, 2.75) is 4.90 Å². The van der Waals surface area contributed by atoms with Crippen molar-refractivity contribution < 1.29 is 4.74 Å². The second kappa shape index (κ2) is 4.89. The third-order valence-electron chi connectivity index (χ3n) is 2.86. The maximum Gasteiger partial charge on any atom is 0.142 e. The molecule has 2 heterocycles. The van der Waals surface area contributed by atoms with E-state index < -0.39 is 0 Å². The predicted octanol–water partition coefficient (Wildman–Crippen LogP) is 2.75. The summed E-state index contributed by atoms with van der Waals surface area (Å²) in [4.78, 5) is 8.88. The van der Waals surface area contributed by atoms with Gasteiger partial charge in [0, 0.05) is 4.90 Å². The highest BCUT2D eigenvalue weighted by Crippen LogP contribution is 2.32. The van der Waals surface area contributed by atoms with Crippen LogP contribution in [0.2, 0.25) is 0 Å². The van der Waals surface area contributed by atoms with Gasteiger partial charge in [-0.25, -0.2) is 4.98 Å². The zero-order chi connectivity index (χ0) is 13.2. The number of hydrogen-bond acceptors (Lipinski definition) is 5. The quantitative estimate of drug-likeness (QED) is 0.743. The van der Waals surface area contributed by atoms with Crippen LogP contribution in [0.4, 0.5) is 0 Å². The van der Waals surface area contributed by atoms with Crippen molar-refractivity contribution in [3.05, 3.63) is 30.6 Å². The van der Waals surface area contributed by atoms with Gasteiger partial charge in [0.25, 0.3) is 0 Å². The number of nitrogens with one attached hydrogen (secondary N) is 1. The summed E-state index contributed by atoms with van der Waals surface area (Å²) < 4.78 is 5.43. The number of imidazole rings is 1. The van der Waals surface area contributed by atoms with Gasteiger partial charge in [-0.1, -0.05) is 0 Å². The van der Waals surface area contributed by atoms with Gasteiger partial charge in [0.15, 0.2) is 0 Å². The molecule has 19 heavy (non-hydrogen) atoms. The molecule has 0 atom stereocenters. The summed E-state index contributed by atoms with van der Waals surface area (Å²) >= 11 is 1.68. The molecule has 0 aliphatic heterocycles. The molecule has 0 unspecified atom stereocenters. The number of H-pyrrole nitrogens is 1. The SMILES string of the molecule is COc1cc(SC)ccc1-c1nc2cnncc2[nH]1. The van der Waals surface area contributed by atoms with Crippen LogP contribution in [0.25, 0.3) is 22.4 Å². The highest BCUT2D eigenvalue weighted by molar-refractivity contribution is 7.98. The second-order valence-corrected chi connectivity index (χ2v) is 4.82. The lowest BCUT2D eigenvalue weighted by molar-refractivity contribution is 0.415. The average molecular weight is 272 g/mol. The molecule has 0 saturated carbocycles. The van der Waals surface area contributed by atoms with E-state index >= 15 is 0 Å². The van der Waals surface area contributed by atoms with Crippen LogP contribution < -0.4 is 4.74 Å². The van der Waals surface area contributed by atoms with Crippen LogP contribution in [-0.2, 0) is 0 Å². The van der Waals surface area contributed by atoms with E-state index in [9.17, 15) is 0 Å². The third-order valence-corrected chi connectivity index (χ3v) is 3.58. The maximum absolute atomic E-state index is 5.43. The van der Waals surface area contributed by atoms with Crippen LogP contribution in [0.3, 0.4) is 0 Å². The molecular formula is C13H12N4OS. The smallest absolute Gasteiger partial charge is 0.142 e. The first-order valence-electron chi connectivity index (χ1n) is 5.70. The summed E-state index contributed by atoms with van der Waals surface area (Å²) in [5.41, 5.74) is 2.58. The zero-order valence-corrected chi connectivity index (χ0v) is 11.4. The topological polar surface area (TPSA) is 63.7 Å². The number of methoxy groups -OCH3 is 1. The second-order valence-electron chi connectivity index (χ2n) is 3.94. The number of ether oxygens (including phenoxy) is 1. The van der Waals surface area contributed by atoms with Crippen LogP contribution in [0.1, 0.15) is 0 Å². The third kappa shape index (κ3) is 2.15. The van der Waals surface area contributed by atoms with Gasteiger partial charge in [-0.05, 0) is 24.5 Å². The van der Waals surface area contributed by atoms with Gasteiger partial charge in [0.2, 0.25) is 0 Å². The Morgan fingerprint density at radius 2 is 2.05 bits per heavy atom. The fourth-order valence-corrected chi connectivity index (χ4v) is 2.33. The Labute approximate surface area is 114 Å². The molecule has 5 nitrogen and oxygen atoms in total. The highest BCUT2D eigenvalue weighted by atomic mass is 32.2. The summed E-state index contributed by atoms with van der Waals surface area (Å²) in [5.74, 6) is 1.56. The molecule has 0 fully saturated rings. The van der Waals surface area contributed by atoms with E-state index in [0.29, 0.717) is 0 Å². The number of fused-ring (bicyclic) bond motifs is 1. The molecule has 3 aromatic rings. The van der Waals surface area contributed by atoms with Crippen molar-refractivity contribution in [1.29, 1.82) is 0 Å². The molecule has 2 aromatic heterocycles. The Balaban J connectivity index is 2.15. The summed E-state index contributed by atoms with van der Waals surface area (Å²) in [6.07, 6.45) is 5.33. The van der Waals surface area contributed by atoms with Gasteiger partial charge in [0.1, 0.15) is 17.1 Å².